The molecule has 0 fully saturated rings. The number of hydrogen-bond acceptors (Lipinski definition) is 4. The van der Waals surface area contributed by atoms with Crippen molar-refractivity contribution < 1.29 is 9.59 Å². The van der Waals surface area contributed by atoms with Gasteiger partial charge in [0.1, 0.15) is 0 Å². The van der Waals surface area contributed by atoms with Gasteiger partial charge in [0.15, 0.2) is 0 Å². The fraction of sp³-hybridized carbons (Fsp3) is 0.318. The van der Waals surface area contributed by atoms with Crippen LogP contribution in [0.2, 0.25) is 0 Å². The van der Waals surface area contributed by atoms with Gasteiger partial charge in [-0.1, -0.05) is 6.07 Å². The summed E-state index contributed by atoms with van der Waals surface area (Å²) in [7, 11) is 0. The minimum absolute atomic E-state index is 0.161. The van der Waals surface area contributed by atoms with Crippen molar-refractivity contribution in [2.24, 2.45) is 0 Å². The Hall–Kier alpha value is -3.33. The Morgan fingerprint density at radius 1 is 1.04 bits per heavy atom. The summed E-state index contributed by atoms with van der Waals surface area (Å²) in [5.41, 5.74) is 2.93. The van der Waals surface area contributed by atoms with Crippen molar-refractivity contribution in [1.29, 1.82) is 5.26 Å². The minimum Gasteiger partial charge on any atom is -0.372 e. The highest BCUT2D eigenvalue weighted by Crippen LogP contribution is 2.19. The molecule has 0 radical (unpaired) electrons. The molecule has 0 saturated heterocycles. The fourth-order valence-corrected chi connectivity index (χ4v) is 2.99. The van der Waals surface area contributed by atoms with E-state index >= 15 is 0 Å². The highest BCUT2D eigenvalue weighted by Gasteiger charge is 2.14. The second-order valence-corrected chi connectivity index (χ2v) is 6.35. The zero-order valence-electron chi connectivity index (χ0n) is 16.6. The number of nitrogens with zero attached hydrogens (tertiary/aromatic N) is 3. The lowest BCUT2D eigenvalue weighted by Gasteiger charge is -2.22. The molecule has 0 heterocycles. The Morgan fingerprint density at radius 2 is 1.71 bits per heavy atom. The summed E-state index contributed by atoms with van der Waals surface area (Å²) in [6, 6.07) is 16.6. The van der Waals surface area contributed by atoms with Crippen molar-refractivity contribution in [1.82, 2.24) is 0 Å². The molecular formula is C22H26N4O2. The van der Waals surface area contributed by atoms with Gasteiger partial charge in [0, 0.05) is 50.0 Å². The van der Waals surface area contributed by atoms with Gasteiger partial charge in [-0.25, -0.2) is 0 Å². The molecule has 0 aliphatic rings. The molecule has 0 aliphatic heterocycles. The van der Waals surface area contributed by atoms with Gasteiger partial charge in [0.05, 0.1) is 11.6 Å². The molecule has 0 saturated carbocycles. The Balaban J connectivity index is 1.98. The lowest BCUT2D eigenvalue weighted by Crippen LogP contribution is -2.32. The molecule has 28 heavy (non-hydrogen) atoms. The van der Waals surface area contributed by atoms with Gasteiger partial charge in [-0.2, -0.15) is 5.26 Å². The molecule has 0 aliphatic carbocycles. The van der Waals surface area contributed by atoms with Crippen molar-refractivity contribution in [3.8, 4) is 6.07 Å². The molecular weight excluding hydrogens is 352 g/mol. The number of nitrogens with one attached hydrogen (secondary N) is 1. The summed E-state index contributed by atoms with van der Waals surface area (Å²) in [6.45, 7) is 7.75. The number of amides is 2. The first kappa shape index (κ1) is 21.0. The van der Waals surface area contributed by atoms with E-state index in [0.29, 0.717) is 11.3 Å². The second-order valence-electron chi connectivity index (χ2n) is 6.35. The summed E-state index contributed by atoms with van der Waals surface area (Å²) in [6.07, 6.45) is 0.161. The summed E-state index contributed by atoms with van der Waals surface area (Å²) >= 11 is 0. The first-order valence-corrected chi connectivity index (χ1v) is 9.41. The smallest absolute Gasteiger partial charge is 0.226 e. The number of carbonyl (C=O) groups excluding carboxylic acids is 2. The van der Waals surface area contributed by atoms with Crippen molar-refractivity contribution in [3.05, 3.63) is 54.1 Å². The van der Waals surface area contributed by atoms with Crippen LogP contribution in [-0.2, 0) is 9.59 Å². The third-order valence-electron chi connectivity index (χ3n) is 4.51. The van der Waals surface area contributed by atoms with Crippen LogP contribution in [0, 0.1) is 11.3 Å². The highest BCUT2D eigenvalue weighted by molar-refractivity contribution is 5.95. The van der Waals surface area contributed by atoms with Gasteiger partial charge in [-0.05, 0) is 56.3 Å². The average Bonchev–Trinajstić information content (AvgIpc) is 2.70. The van der Waals surface area contributed by atoms with Gasteiger partial charge >= 0.3 is 0 Å². The molecule has 0 atom stereocenters. The molecule has 1 N–H and O–H groups in total. The summed E-state index contributed by atoms with van der Waals surface area (Å²) in [5, 5.41) is 11.9. The van der Waals surface area contributed by atoms with Crippen LogP contribution >= 0.6 is 0 Å². The normalized spacial score (nSPS) is 10.1. The first-order chi connectivity index (χ1) is 13.5. The van der Waals surface area contributed by atoms with Gasteiger partial charge in [0.2, 0.25) is 11.8 Å². The van der Waals surface area contributed by atoms with E-state index < -0.39 is 0 Å². The van der Waals surface area contributed by atoms with Crippen LogP contribution in [-0.4, -0.2) is 31.4 Å². The van der Waals surface area contributed by atoms with E-state index in [-0.39, 0.29) is 24.8 Å². The average molecular weight is 378 g/mol. The maximum atomic E-state index is 12.3. The number of hydrogen-bond donors (Lipinski definition) is 1. The monoisotopic (exact) mass is 378 g/mol. The fourth-order valence-electron chi connectivity index (χ4n) is 2.99. The minimum atomic E-state index is -0.175. The third-order valence-corrected chi connectivity index (χ3v) is 4.51. The molecule has 6 heteroatoms. The second kappa shape index (κ2) is 10.1. The Bertz CT molecular complexity index is 852. The molecule has 0 spiro atoms. The first-order valence-electron chi connectivity index (χ1n) is 9.41. The Kier molecular flexibility index (Phi) is 7.58. The van der Waals surface area contributed by atoms with Crippen LogP contribution in [0.5, 0.6) is 0 Å². The quantitative estimate of drug-likeness (QED) is 0.758. The number of nitriles is 1. The van der Waals surface area contributed by atoms with Gasteiger partial charge < -0.3 is 15.1 Å². The molecule has 2 amide bonds. The zero-order valence-corrected chi connectivity index (χ0v) is 16.6. The topological polar surface area (TPSA) is 76.4 Å². The van der Waals surface area contributed by atoms with Crippen LogP contribution in [0.15, 0.2) is 48.5 Å². The summed E-state index contributed by atoms with van der Waals surface area (Å²) in [5.74, 6) is -0.343. The van der Waals surface area contributed by atoms with Crippen LogP contribution in [0.4, 0.5) is 17.1 Å². The van der Waals surface area contributed by atoms with Crippen LogP contribution in [0.25, 0.3) is 0 Å². The predicted molar refractivity (Wildman–Crippen MR) is 112 cm³/mol. The Morgan fingerprint density at radius 3 is 2.29 bits per heavy atom. The van der Waals surface area contributed by atoms with Gasteiger partial charge in [0.25, 0.3) is 0 Å². The van der Waals surface area contributed by atoms with Gasteiger partial charge in [-0.3, -0.25) is 9.59 Å². The van der Waals surface area contributed by atoms with Crippen molar-refractivity contribution in [2.45, 2.75) is 27.2 Å². The van der Waals surface area contributed by atoms with E-state index in [1.807, 2.05) is 24.3 Å². The van der Waals surface area contributed by atoms with E-state index in [4.69, 9.17) is 5.26 Å². The number of carbonyl (C=O) groups is 2. The van der Waals surface area contributed by atoms with E-state index in [9.17, 15) is 9.59 Å². The maximum Gasteiger partial charge on any atom is 0.226 e. The predicted octanol–water partition coefficient (Wildman–Crippen LogP) is 3.79. The molecule has 2 aromatic carbocycles. The SMILES string of the molecule is CCN(CC)c1ccc(NC(=O)CCN(C(C)=O)c2cccc(C#N)c2)cc1. The standard InChI is InChI=1S/C22H26N4O2/c1-4-25(5-2)20-11-9-19(10-12-20)24-22(28)13-14-26(17(3)27)21-8-6-7-18(15-21)16-23/h6-12,15H,4-5,13-14H2,1-3H3,(H,24,28). The van der Waals surface area contributed by atoms with Crippen LogP contribution < -0.4 is 15.1 Å². The van der Waals surface area contributed by atoms with E-state index in [1.165, 1.54) is 11.8 Å². The lowest BCUT2D eigenvalue weighted by molar-refractivity contribution is -0.117. The Labute approximate surface area is 166 Å². The van der Waals surface area contributed by atoms with Crippen molar-refractivity contribution in [3.63, 3.8) is 0 Å². The number of rotatable bonds is 8. The molecule has 2 aromatic rings. The largest absolute Gasteiger partial charge is 0.372 e. The molecule has 0 unspecified atom stereocenters. The van der Waals surface area contributed by atoms with Crippen LogP contribution in [0.1, 0.15) is 32.8 Å². The maximum absolute atomic E-state index is 12.3. The number of anilines is 3. The van der Waals surface area contributed by atoms with Crippen molar-refractivity contribution in [2.75, 3.05) is 34.8 Å². The highest BCUT2D eigenvalue weighted by atomic mass is 16.2. The molecule has 0 aromatic heterocycles. The molecule has 146 valence electrons. The summed E-state index contributed by atoms with van der Waals surface area (Å²) in [4.78, 5) is 28.0. The van der Waals surface area contributed by atoms with Crippen LogP contribution in [0.3, 0.4) is 0 Å². The number of benzene rings is 2. The molecule has 2 rings (SSSR count). The lowest BCUT2D eigenvalue weighted by atomic mass is 10.2. The van der Waals surface area contributed by atoms with Crippen molar-refractivity contribution >= 4 is 28.9 Å². The third kappa shape index (κ3) is 5.58. The van der Waals surface area contributed by atoms with Gasteiger partial charge in [-0.15, -0.1) is 0 Å². The summed E-state index contributed by atoms with van der Waals surface area (Å²) < 4.78 is 0. The molecule has 0 bridgehead atoms. The van der Waals surface area contributed by atoms with E-state index in [0.717, 1.165) is 24.5 Å². The molecule has 6 nitrogen and oxygen atoms in total. The van der Waals surface area contributed by atoms with E-state index in [1.54, 1.807) is 24.3 Å². The van der Waals surface area contributed by atoms with E-state index in [2.05, 4.69) is 30.1 Å². The zero-order chi connectivity index (χ0) is 20.5.